The Labute approximate surface area is 145 Å². The molecule has 3 amide bonds. The molecule has 0 saturated carbocycles. The third-order valence-corrected chi connectivity index (χ3v) is 4.10. The van der Waals surface area contributed by atoms with E-state index in [1.165, 1.54) is 12.1 Å². The molecule has 1 fully saturated rings. The average molecular weight is 394 g/mol. The number of benzene rings is 2. The van der Waals surface area contributed by atoms with E-state index in [1.54, 1.807) is 36.4 Å². The topological polar surface area (TPSA) is 69.6 Å². The Kier molecular flexibility index (Phi) is 4.11. The Balaban J connectivity index is 1.94. The lowest BCUT2D eigenvalue weighted by Crippen LogP contribution is -2.30. The van der Waals surface area contributed by atoms with Crippen LogP contribution in [0.1, 0.15) is 5.56 Å². The number of nitrogens with zero attached hydrogens (tertiary/aromatic N) is 1. The summed E-state index contributed by atoms with van der Waals surface area (Å²) in [5, 5.41) is 12.5. The van der Waals surface area contributed by atoms with E-state index >= 15 is 0 Å². The van der Waals surface area contributed by atoms with E-state index in [9.17, 15) is 14.7 Å². The van der Waals surface area contributed by atoms with Gasteiger partial charge in [-0.05, 0) is 57.9 Å². The number of hydrogen-bond donors (Lipinski definition) is 2. The highest BCUT2D eigenvalue weighted by Gasteiger charge is 2.34. The summed E-state index contributed by atoms with van der Waals surface area (Å²) in [5.41, 5.74) is 1.20. The fourth-order valence-electron chi connectivity index (χ4n) is 2.16. The molecule has 1 heterocycles. The van der Waals surface area contributed by atoms with Crippen LogP contribution in [0.2, 0.25) is 5.02 Å². The SMILES string of the molecule is O=C1N/C(=C\c2ccc(O)c(Br)c2)C(=O)N1c1cccc(Cl)c1. The number of phenols is 1. The van der Waals surface area contributed by atoms with Crippen molar-refractivity contribution in [3.8, 4) is 5.75 Å². The standard InChI is InChI=1S/C16H10BrClN2O3/c17-12-6-9(4-5-14(12)21)7-13-15(22)20(16(23)19-13)11-3-1-2-10(18)8-11/h1-8,21H,(H,19,23)/b13-7-. The van der Waals surface area contributed by atoms with E-state index in [4.69, 9.17) is 11.6 Å². The van der Waals surface area contributed by atoms with Gasteiger partial charge in [0.15, 0.2) is 0 Å². The monoisotopic (exact) mass is 392 g/mol. The van der Waals surface area contributed by atoms with Gasteiger partial charge in [0.05, 0.1) is 10.2 Å². The molecule has 1 saturated heterocycles. The van der Waals surface area contributed by atoms with Crippen LogP contribution in [0.3, 0.4) is 0 Å². The Hall–Kier alpha value is -2.31. The van der Waals surface area contributed by atoms with Crippen molar-refractivity contribution in [2.75, 3.05) is 4.90 Å². The quantitative estimate of drug-likeness (QED) is 0.600. The zero-order valence-electron chi connectivity index (χ0n) is 11.6. The maximum atomic E-state index is 12.5. The number of carbonyl (C=O) groups is 2. The molecular weight excluding hydrogens is 384 g/mol. The number of phenolic OH excluding ortho intramolecular Hbond substituents is 1. The molecule has 0 unspecified atom stereocenters. The molecule has 23 heavy (non-hydrogen) atoms. The molecular formula is C16H10BrClN2O3. The molecule has 2 aromatic rings. The van der Waals surface area contributed by atoms with Gasteiger partial charge in [-0.1, -0.05) is 23.7 Å². The van der Waals surface area contributed by atoms with E-state index in [-0.39, 0.29) is 11.4 Å². The molecule has 1 aliphatic heterocycles. The van der Waals surface area contributed by atoms with Crippen molar-refractivity contribution in [1.82, 2.24) is 5.32 Å². The van der Waals surface area contributed by atoms with Crippen LogP contribution in [-0.4, -0.2) is 17.0 Å². The zero-order chi connectivity index (χ0) is 16.6. The lowest BCUT2D eigenvalue weighted by molar-refractivity contribution is -0.113. The highest BCUT2D eigenvalue weighted by atomic mass is 79.9. The zero-order valence-corrected chi connectivity index (χ0v) is 13.9. The minimum Gasteiger partial charge on any atom is -0.507 e. The minimum absolute atomic E-state index is 0.0921. The van der Waals surface area contributed by atoms with Crippen LogP contribution >= 0.6 is 27.5 Å². The second-order valence-electron chi connectivity index (χ2n) is 4.82. The van der Waals surface area contributed by atoms with E-state index in [0.717, 1.165) is 4.90 Å². The van der Waals surface area contributed by atoms with E-state index in [2.05, 4.69) is 21.2 Å². The summed E-state index contributed by atoms with van der Waals surface area (Å²) in [4.78, 5) is 25.6. The normalized spacial score (nSPS) is 16.1. The van der Waals surface area contributed by atoms with Crippen molar-refractivity contribution >= 4 is 51.2 Å². The Morgan fingerprint density at radius 1 is 1.17 bits per heavy atom. The lowest BCUT2D eigenvalue weighted by Gasteiger charge is -2.11. The molecule has 0 atom stereocenters. The summed E-state index contributed by atoms with van der Waals surface area (Å²) in [6, 6.07) is 10.7. The summed E-state index contributed by atoms with van der Waals surface area (Å²) in [7, 11) is 0. The third kappa shape index (κ3) is 3.09. The number of amides is 3. The third-order valence-electron chi connectivity index (χ3n) is 3.23. The summed E-state index contributed by atoms with van der Waals surface area (Å²) in [5.74, 6) is -0.379. The molecule has 3 rings (SSSR count). The molecule has 2 N–H and O–H groups in total. The van der Waals surface area contributed by atoms with Crippen molar-refractivity contribution in [3.05, 3.63) is 63.2 Å². The molecule has 2 aromatic carbocycles. The van der Waals surface area contributed by atoms with Gasteiger partial charge < -0.3 is 10.4 Å². The fraction of sp³-hybridized carbons (Fsp3) is 0. The van der Waals surface area contributed by atoms with Gasteiger partial charge in [-0.25, -0.2) is 9.69 Å². The predicted octanol–water partition coefficient (Wildman–Crippen LogP) is 3.91. The Morgan fingerprint density at radius 2 is 1.96 bits per heavy atom. The maximum absolute atomic E-state index is 12.5. The van der Waals surface area contributed by atoms with E-state index in [0.29, 0.717) is 20.7 Å². The van der Waals surface area contributed by atoms with Crippen LogP contribution in [0.15, 0.2) is 52.6 Å². The van der Waals surface area contributed by atoms with Gasteiger partial charge >= 0.3 is 6.03 Å². The van der Waals surface area contributed by atoms with Gasteiger partial charge in [0.25, 0.3) is 5.91 Å². The number of nitrogens with one attached hydrogen (secondary N) is 1. The molecule has 116 valence electrons. The second-order valence-corrected chi connectivity index (χ2v) is 6.11. The summed E-state index contributed by atoms with van der Waals surface area (Å²) in [6.45, 7) is 0. The highest BCUT2D eigenvalue weighted by molar-refractivity contribution is 9.10. The smallest absolute Gasteiger partial charge is 0.333 e. The highest BCUT2D eigenvalue weighted by Crippen LogP contribution is 2.27. The lowest BCUT2D eigenvalue weighted by atomic mass is 10.2. The maximum Gasteiger partial charge on any atom is 0.333 e. The number of rotatable bonds is 2. The molecule has 0 radical (unpaired) electrons. The van der Waals surface area contributed by atoms with E-state index < -0.39 is 11.9 Å². The van der Waals surface area contributed by atoms with Gasteiger partial charge in [0.1, 0.15) is 11.4 Å². The number of carbonyl (C=O) groups excluding carboxylic acids is 2. The first-order valence-electron chi connectivity index (χ1n) is 6.57. The summed E-state index contributed by atoms with van der Waals surface area (Å²) >= 11 is 9.11. The predicted molar refractivity (Wildman–Crippen MR) is 91.3 cm³/mol. The summed E-state index contributed by atoms with van der Waals surface area (Å²) in [6.07, 6.45) is 1.54. The van der Waals surface area contributed by atoms with Gasteiger partial charge in [-0.3, -0.25) is 4.79 Å². The molecule has 0 bridgehead atoms. The number of imide groups is 1. The minimum atomic E-state index is -0.540. The van der Waals surface area contributed by atoms with Crippen molar-refractivity contribution < 1.29 is 14.7 Å². The fourth-order valence-corrected chi connectivity index (χ4v) is 2.75. The number of halogens is 2. The molecule has 1 aliphatic rings. The van der Waals surface area contributed by atoms with Crippen LogP contribution in [-0.2, 0) is 4.79 Å². The number of urea groups is 1. The molecule has 7 heteroatoms. The van der Waals surface area contributed by atoms with Gasteiger partial charge in [-0.15, -0.1) is 0 Å². The van der Waals surface area contributed by atoms with E-state index in [1.807, 2.05) is 0 Å². The second kappa shape index (κ2) is 6.06. The van der Waals surface area contributed by atoms with Crippen LogP contribution in [0.4, 0.5) is 10.5 Å². The van der Waals surface area contributed by atoms with Crippen LogP contribution in [0, 0.1) is 0 Å². The van der Waals surface area contributed by atoms with Crippen molar-refractivity contribution in [1.29, 1.82) is 0 Å². The van der Waals surface area contributed by atoms with Gasteiger partial charge in [0.2, 0.25) is 0 Å². The van der Waals surface area contributed by atoms with Crippen molar-refractivity contribution in [2.24, 2.45) is 0 Å². The molecule has 0 aromatic heterocycles. The number of aromatic hydroxyl groups is 1. The van der Waals surface area contributed by atoms with Crippen LogP contribution in [0.25, 0.3) is 6.08 Å². The Morgan fingerprint density at radius 3 is 2.65 bits per heavy atom. The van der Waals surface area contributed by atoms with Crippen molar-refractivity contribution in [3.63, 3.8) is 0 Å². The van der Waals surface area contributed by atoms with Gasteiger partial charge in [0, 0.05) is 5.02 Å². The molecule has 0 aliphatic carbocycles. The molecule has 5 nitrogen and oxygen atoms in total. The van der Waals surface area contributed by atoms with Crippen LogP contribution < -0.4 is 10.2 Å². The molecule has 0 spiro atoms. The van der Waals surface area contributed by atoms with Gasteiger partial charge in [-0.2, -0.15) is 0 Å². The first-order chi connectivity index (χ1) is 11.0. The van der Waals surface area contributed by atoms with Crippen LogP contribution in [0.5, 0.6) is 5.75 Å². The average Bonchev–Trinajstić information content (AvgIpc) is 2.77. The Bertz CT molecular complexity index is 851. The number of anilines is 1. The number of hydrogen-bond acceptors (Lipinski definition) is 3. The summed E-state index contributed by atoms with van der Waals surface area (Å²) < 4.78 is 0.496. The van der Waals surface area contributed by atoms with Crippen molar-refractivity contribution in [2.45, 2.75) is 0 Å². The first-order valence-corrected chi connectivity index (χ1v) is 7.74. The largest absolute Gasteiger partial charge is 0.507 e. The first kappa shape index (κ1) is 15.6.